The molecule has 0 aromatic carbocycles. The van der Waals surface area contributed by atoms with E-state index in [0.29, 0.717) is 31.7 Å². The minimum atomic E-state index is -4.16. The zero-order valence-electron chi connectivity index (χ0n) is 12.9. The van der Waals surface area contributed by atoms with Gasteiger partial charge in [-0.15, -0.1) is 0 Å². The molecular formula is C15H21F3N4O. The molecule has 23 heavy (non-hydrogen) atoms. The van der Waals surface area contributed by atoms with Crippen LogP contribution in [-0.2, 0) is 13.0 Å². The van der Waals surface area contributed by atoms with Crippen molar-refractivity contribution in [3.8, 4) is 0 Å². The number of alkyl halides is 3. The van der Waals surface area contributed by atoms with E-state index in [1.807, 2.05) is 4.57 Å². The highest BCUT2D eigenvalue weighted by Crippen LogP contribution is 2.22. The van der Waals surface area contributed by atoms with Gasteiger partial charge in [0.2, 0.25) is 0 Å². The summed E-state index contributed by atoms with van der Waals surface area (Å²) in [7, 11) is 0. The first-order chi connectivity index (χ1) is 10.9. The second kappa shape index (κ2) is 6.51. The van der Waals surface area contributed by atoms with Gasteiger partial charge < -0.3 is 9.88 Å². The van der Waals surface area contributed by atoms with Gasteiger partial charge in [0.1, 0.15) is 11.5 Å². The van der Waals surface area contributed by atoms with E-state index in [-0.39, 0.29) is 11.8 Å². The fourth-order valence-electron chi connectivity index (χ4n) is 3.40. The molecule has 0 spiro atoms. The molecule has 0 radical (unpaired) electrons. The molecule has 3 rings (SSSR count). The lowest BCUT2D eigenvalue weighted by molar-refractivity contribution is -0.143. The highest BCUT2D eigenvalue weighted by Gasteiger charge is 2.34. The third-order valence-corrected chi connectivity index (χ3v) is 4.53. The van der Waals surface area contributed by atoms with Crippen LogP contribution in [0.1, 0.15) is 35.6 Å². The molecule has 1 unspecified atom stereocenters. The van der Waals surface area contributed by atoms with Gasteiger partial charge >= 0.3 is 6.18 Å². The lowest BCUT2D eigenvalue weighted by atomic mass is 10.1. The SMILES string of the molecule is O=C(NCC1CCN(CC(F)(F)F)C1)c1cnc2n1CCCC2. The third-order valence-electron chi connectivity index (χ3n) is 4.53. The molecule has 8 heteroatoms. The zero-order valence-corrected chi connectivity index (χ0v) is 12.9. The molecule has 3 heterocycles. The molecule has 1 N–H and O–H groups in total. The van der Waals surface area contributed by atoms with Crippen molar-refractivity contribution in [2.45, 2.75) is 38.4 Å². The average molecular weight is 330 g/mol. The number of carbonyl (C=O) groups is 1. The van der Waals surface area contributed by atoms with Crippen LogP contribution >= 0.6 is 0 Å². The molecule has 1 amide bonds. The Morgan fingerprint density at radius 3 is 2.96 bits per heavy atom. The van der Waals surface area contributed by atoms with Crippen molar-refractivity contribution in [3.05, 3.63) is 17.7 Å². The van der Waals surface area contributed by atoms with Crippen molar-refractivity contribution in [1.82, 2.24) is 19.8 Å². The number of hydrogen-bond donors (Lipinski definition) is 1. The molecule has 0 bridgehead atoms. The summed E-state index contributed by atoms with van der Waals surface area (Å²) in [6.45, 7) is 1.16. The first-order valence-corrected chi connectivity index (χ1v) is 8.04. The van der Waals surface area contributed by atoms with E-state index in [1.54, 1.807) is 6.20 Å². The van der Waals surface area contributed by atoms with E-state index in [4.69, 9.17) is 0 Å². The highest BCUT2D eigenvalue weighted by molar-refractivity contribution is 5.92. The van der Waals surface area contributed by atoms with Crippen molar-refractivity contribution < 1.29 is 18.0 Å². The number of hydrogen-bond acceptors (Lipinski definition) is 3. The number of rotatable bonds is 4. The summed E-state index contributed by atoms with van der Waals surface area (Å²) in [6.07, 6.45) is 1.15. The Kier molecular flexibility index (Phi) is 4.61. The summed E-state index contributed by atoms with van der Waals surface area (Å²) >= 11 is 0. The quantitative estimate of drug-likeness (QED) is 0.916. The Labute approximate surface area is 132 Å². The van der Waals surface area contributed by atoms with E-state index in [2.05, 4.69) is 10.3 Å². The molecule has 1 saturated heterocycles. The summed E-state index contributed by atoms with van der Waals surface area (Å²) in [5.41, 5.74) is 0.560. The largest absolute Gasteiger partial charge is 0.401 e. The van der Waals surface area contributed by atoms with Gasteiger partial charge in [-0.1, -0.05) is 0 Å². The number of likely N-dealkylation sites (tertiary alicyclic amines) is 1. The van der Waals surface area contributed by atoms with Crippen LogP contribution in [0.15, 0.2) is 6.20 Å². The molecule has 0 aliphatic carbocycles. The second-order valence-electron chi connectivity index (χ2n) is 6.38. The van der Waals surface area contributed by atoms with Gasteiger partial charge in [-0.05, 0) is 31.7 Å². The summed E-state index contributed by atoms with van der Waals surface area (Å²) in [5.74, 6) is 0.837. The van der Waals surface area contributed by atoms with E-state index in [9.17, 15) is 18.0 Å². The van der Waals surface area contributed by atoms with Gasteiger partial charge in [0.15, 0.2) is 0 Å². The number of aromatic nitrogens is 2. The molecule has 2 aliphatic heterocycles. The molecule has 128 valence electrons. The number of carbonyl (C=O) groups excluding carboxylic acids is 1. The number of nitrogens with one attached hydrogen (secondary N) is 1. The van der Waals surface area contributed by atoms with E-state index in [1.165, 1.54) is 4.90 Å². The summed E-state index contributed by atoms with van der Waals surface area (Å²) in [5, 5.41) is 2.85. The number of aryl methyl sites for hydroxylation is 1. The van der Waals surface area contributed by atoms with Crippen molar-refractivity contribution in [1.29, 1.82) is 0 Å². The number of nitrogens with zero attached hydrogens (tertiary/aromatic N) is 3. The fraction of sp³-hybridized carbons (Fsp3) is 0.733. The minimum Gasteiger partial charge on any atom is -0.350 e. The molecule has 1 atom stereocenters. The van der Waals surface area contributed by atoms with Crippen LogP contribution in [0.5, 0.6) is 0 Å². The maximum absolute atomic E-state index is 12.4. The summed E-state index contributed by atoms with van der Waals surface area (Å²) < 4.78 is 39.1. The van der Waals surface area contributed by atoms with Crippen LogP contribution in [-0.4, -0.2) is 52.7 Å². The van der Waals surface area contributed by atoms with Crippen LogP contribution in [0, 0.1) is 5.92 Å². The first-order valence-electron chi connectivity index (χ1n) is 8.04. The lowest BCUT2D eigenvalue weighted by Crippen LogP contribution is -2.35. The van der Waals surface area contributed by atoms with E-state index >= 15 is 0 Å². The number of amides is 1. The van der Waals surface area contributed by atoms with Crippen LogP contribution in [0.2, 0.25) is 0 Å². The summed E-state index contributed by atoms with van der Waals surface area (Å²) in [6, 6.07) is 0. The number of halogens is 3. The molecule has 5 nitrogen and oxygen atoms in total. The fourth-order valence-corrected chi connectivity index (χ4v) is 3.40. The Bertz CT molecular complexity index is 570. The molecule has 2 aliphatic rings. The van der Waals surface area contributed by atoms with Crippen LogP contribution in [0.4, 0.5) is 13.2 Å². The average Bonchev–Trinajstić information content (AvgIpc) is 3.09. The molecule has 1 aromatic rings. The monoisotopic (exact) mass is 330 g/mol. The molecular weight excluding hydrogens is 309 g/mol. The van der Waals surface area contributed by atoms with Gasteiger partial charge in [0.25, 0.3) is 5.91 Å². The van der Waals surface area contributed by atoms with Gasteiger partial charge in [0, 0.05) is 26.1 Å². The zero-order chi connectivity index (χ0) is 16.4. The van der Waals surface area contributed by atoms with Crippen LogP contribution in [0.3, 0.4) is 0 Å². The molecule has 1 aromatic heterocycles. The maximum atomic E-state index is 12.4. The van der Waals surface area contributed by atoms with Crippen molar-refractivity contribution in [2.75, 3.05) is 26.2 Å². The number of fused-ring (bicyclic) bond motifs is 1. The molecule has 0 saturated carbocycles. The Morgan fingerprint density at radius 2 is 2.17 bits per heavy atom. The smallest absolute Gasteiger partial charge is 0.350 e. The number of imidazole rings is 1. The lowest BCUT2D eigenvalue weighted by Gasteiger charge is -2.18. The topological polar surface area (TPSA) is 50.2 Å². The van der Waals surface area contributed by atoms with Gasteiger partial charge in [-0.25, -0.2) is 4.98 Å². The first kappa shape index (κ1) is 16.3. The predicted octanol–water partition coefficient (Wildman–Crippen LogP) is 1.83. The standard InChI is InChI=1S/C15H21F3N4O/c16-15(17,18)10-21-6-4-11(9-21)7-20-14(23)12-8-19-13-3-1-2-5-22(12)13/h8,11H,1-7,9-10H2,(H,20,23). The summed E-state index contributed by atoms with van der Waals surface area (Å²) in [4.78, 5) is 18.0. The highest BCUT2D eigenvalue weighted by atomic mass is 19.4. The second-order valence-corrected chi connectivity index (χ2v) is 6.38. The van der Waals surface area contributed by atoms with Gasteiger partial charge in [-0.3, -0.25) is 9.69 Å². The van der Waals surface area contributed by atoms with Crippen molar-refractivity contribution in [2.24, 2.45) is 5.92 Å². The van der Waals surface area contributed by atoms with Crippen molar-refractivity contribution in [3.63, 3.8) is 0 Å². The Hall–Kier alpha value is -1.57. The van der Waals surface area contributed by atoms with E-state index in [0.717, 1.165) is 31.6 Å². The third kappa shape index (κ3) is 4.04. The minimum absolute atomic E-state index is 0.0741. The maximum Gasteiger partial charge on any atom is 0.401 e. The normalized spacial score (nSPS) is 22.1. The van der Waals surface area contributed by atoms with Crippen molar-refractivity contribution >= 4 is 5.91 Å². The Morgan fingerprint density at radius 1 is 1.35 bits per heavy atom. The van der Waals surface area contributed by atoms with Crippen LogP contribution in [0.25, 0.3) is 0 Å². The Balaban J connectivity index is 1.49. The molecule has 1 fully saturated rings. The van der Waals surface area contributed by atoms with E-state index < -0.39 is 12.7 Å². The van der Waals surface area contributed by atoms with Crippen LogP contribution < -0.4 is 5.32 Å². The predicted molar refractivity (Wildman–Crippen MR) is 78.1 cm³/mol. The van der Waals surface area contributed by atoms with Gasteiger partial charge in [-0.2, -0.15) is 13.2 Å². The van der Waals surface area contributed by atoms with Gasteiger partial charge in [0.05, 0.1) is 12.7 Å².